The van der Waals surface area contributed by atoms with Gasteiger partial charge in [0, 0.05) is 6.42 Å². The molecule has 184 valence electrons. The monoisotopic (exact) mass is 482 g/mol. The van der Waals surface area contributed by atoms with Crippen LogP contribution in [0.3, 0.4) is 0 Å². The highest BCUT2D eigenvalue weighted by molar-refractivity contribution is 6.75. The molecule has 1 aromatic carbocycles. The van der Waals surface area contributed by atoms with Crippen molar-refractivity contribution in [3.05, 3.63) is 23.8 Å². The second kappa shape index (κ2) is 10.7. The van der Waals surface area contributed by atoms with Crippen molar-refractivity contribution in [2.24, 2.45) is 0 Å². The number of hydrogen-bond acceptors (Lipinski definition) is 5. The predicted molar refractivity (Wildman–Crippen MR) is 138 cm³/mol. The summed E-state index contributed by atoms with van der Waals surface area (Å²) in [4.78, 5) is 11.6. The van der Waals surface area contributed by atoms with Crippen LogP contribution in [0.2, 0.25) is 36.3 Å². The minimum absolute atomic E-state index is 0.0520. The van der Waals surface area contributed by atoms with Crippen LogP contribution >= 0.6 is 0 Å². The maximum absolute atomic E-state index is 11.6. The molecule has 0 saturated heterocycles. The molecule has 1 rings (SSSR count). The number of carbonyl (C=O) groups excluding carboxylic acids is 1. The molecule has 1 aromatic rings. The van der Waals surface area contributed by atoms with Gasteiger partial charge in [-0.05, 0) is 73.7 Å². The zero-order valence-corrected chi connectivity index (χ0v) is 24.2. The molecule has 1 N–H and O–H groups in total. The SMILES string of the molecule is CCOC(=O)CC[C@@H](O)Cc1ccc(O[Si](C)(C)C(C)(C)C)c(O[Si](C)(C)C(C)(C)C)c1. The number of esters is 1. The normalized spacial score (nSPS) is 14.1. The van der Waals surface area contributed by atoms with Crippen molar-refractivity contribution >= 4 is 22.6 Å². The fourth-order valence-corrected chi connectivity index (χ4v) is 4.63. The van der Waals surface area contributed by atoms with Crippen LogP contribution in [0.5, 0.6) is 11.5 Å². The van der Waals surface area contributed by atoms with Crippen molar-refractivity contribution in [2.75, 3.05) is 6.61 Å². The van der Waals surface area contributed by atoms with Crippen LogP contribution in [0, 0.1) is 0 Å². The Labute approximate surface area is 198 Å². The molecule has 5 nitrogen and oxygen atoms in total. The number of aliphatic hydroxyl groups is 1. The molecule has 0 saturated carbocycles. The molecule has 0 heterocycles. The summed E-state index contributed by atoms with van der Waals surface area (Å²) in [6.07, 6.45) is 0.425. The number of ether oxygens (including phenoxy) is 1. The van der Waals surface area contributed by atoms with Gasteiger partial charge >= 0.3 is 5.97 Å². The van der Waals surface area contributed by atoms with E-state index in [1.54, 1.807) is 6.92 Å². The van der Waals surface area contributed by atoms with Crippen LogP contribution in [0.1, 0.15) is 66.9 Å². The lowest BCUT2D eigenvalue weighted by molar-refractivity contribution is -0.143. The Hall–Kier alpha value is -1.32. The highest BCUT2D eigenvalue weighted by Crippen LogP contribution is 2.43. The Balaban J connectivity index is 3.18. The van der Waals surface area contributed by atoms with E-state index in [2.05, 4.69) is 67.7 Å². The van der Waals surface area contributed by atoms with Crippen LogP contribution < -0.4 is 8.85 Å². The van der Waals surface area contributed by atoms with Gasteiger partial charge in [0.05, 0.1) is 12.7 Å². The number of aliphatic hydroxyl groups excluding tert-OH is 1. The molecule has 0 amide bonds. The fraction of sp³-hybridized carbons (Fsp3) is 0.720. The first-order valence-corrected chi connectivity index (χ1v) is 17.6. The molecule has 0 spiro atoms. The van der Waals surface area contributed by atoms with Crippen molar-refractivity contribution < 1.29 is 23.5 Å². The van der Waals surface area contributed by atoms with Gasteiger partial charge in [0.2, 0.25) is 0 Å². The second-order valence-electron chi connectivity index (χ2n) is 11.7. The zero-order valence-electron chi connectivity index (χ0n) is 22.2. The van der Waals surface area contributed by atoms with E-state index in [-0.39, 0.29) is 22.5 Å². The lowest BCUT2D eigenvalue weighted by atomic mass is 10.0. The Bertz CT molecular complexity index is 761. The Morgan fingerprint density at radius 1 is 0.938 bits per heavy atom. The smallest absolute Gasteiger partial charge is 0.305 e. The fourth-order valence-electron chi connectivity index (χ4n) is 2.59. The first-order valence-electron chi connectivity index (χ1n) is 11.7. The van der Waals surface area contributed by atoms with E-state index in [1.165, 1.54) is 0 Å². The molecule has 1 atom stereocenters. The molecule has 0 fully saturated rings. The van der Waals surface area contributed by atoms with Crippen LogP contribution in [0.25, 0.3) is 0 Å². The van der Waals surface area contributed by atoms with Crippen LogP contribution in [-0.2, 0) is 16.0 Å². The van der Waals surface area contributed by atoms with E-state index in [4.69, 9.17) is 13.6 Å². The third-order valence-corrected chi connectivity index (χ3v) is 15.5. The predicted octanol–water partition coefficient (Wildman–Crippen LogP) is 6.70. The van der Waals surface area contributed by atoms with Crippen LogP contribution in [-0.4, -0.2) is 40.4 Å². The van der Waals surface area contributed by atoms with Gasteiger partial charge in [-0.2, -0.15) is 0 Å². The summed E-state index contributed by atoms with van der Waals surface area (Å²) in [5, 5.41) is 10.6. The molecular weight excluding hydrogens is 436 g/mol. The van der Waals surface area contributed by atoms with Crippen LogP contribution in [0.15, 0.2) is 18.2 Å². The summed E-state index contributed by atoms with van der Waals surface area (Å²) in [6, 6.07) is 5.99. The number of benzene rings is 1. The van der Waals surface area contributed by atoms with Crippen molar-refractivity contribution in [1.29, 1.82) is 0 Å². The number of hydrogen-bond donors (Lipinski definition) is 1. The molecule has 0 aliphatic carbocycles. The van der Waals surface area contributed by atoms with Crippen molar-refractivity contribution in [3.63, 3.8) is 0 Å². The first-order chi connectivity index (χ1) is 14.4. The maximum atomic E-state index is 11.6. The Kier molecular flexibility index (Phi) is 9.64. The summed E-state index contributed by atoms with van der Waals surface area (Å²) in [5.41, 5.74) is 0.970. The van der Waals surface area contributed by atoms with Gasteiger partial charge in [-0.25, -0.2) is 0 Å². The number of rotatable bonds is 10. The number of carbonyl (C=O) groups is 1. The highest BCUT2D eigenvalue weighted by Gasteiger charge is 2.42. The van der Waals surface area contributed by atoms with Crippen LogP contribution in [0.4, 0.5) is 0 Å². The minimum Gasteiger partial charge on any atom is -0.541 e. The highest BCUT2D eigenvalue weighted by atomic mass is 28.4. The molecule has 0 aliphatic rings. The summed E-state index contributed by atoms with van der Waals surface area (Å²) < 4.78 is 18.3. The standard InChI is InChI=1S/C25H46O5Si2/c1-12-28-23(27)16-14-20(26)17-19-13-15-21(29-31(8,9)24(2,3)4)22(18-19)30-32(10,11)25(5,6)7/h13,15,18,20,26H,12,14,16-17H2,1-11H3/t20-/m1/s1. The Morgan fingerprint density at radius 2 is 1.44 bits per heavy atom. The average Bonchev–Trinajstić information content (AvgIpc) is 2.60. The van der Waals surface area contributed by atoms with Crippen molar-refractivity contribution in [3.8, 4) is 11.5 Å². The van der Waals surface area contributed by atoms with E-state index < -0.39 is 22.7 Å². The van der Waals surface area contributed by atoms with Crippen molar-refractivity contribution in [1.82, 2.24) is 0 Å². The van der Waals surface area contributed by atoms with Gasteiger partial charge in [0.25, 0.3) is 16.6 Å². The lowest BCUT2D eigenvalue weighted by Crippen LogP contribution is -2.45. The average molecular weight is 483 g/mol. The minimum atomic E-state index is -2.09. The molecule has 0 bridgehead atoms. The molecular formula is C25H46O5Si2. The third-order valence-electron chi connectivity index (χ3n) is 6.81. The summed E-state index contributed by atoms with van der Waals surface area (Å²) in [7, 11) is -4.14. The van der Waals surface area contributed by atoms with E-state index in [1.807, 2.05) is 18.2 Å². The van der Waals surface area contributed by atoms with Gasteiger partial charge in [-0.3, -0.25) is 4.79 Å². The molecule has 0 radical (unpaired) electrons. The quantitative estimate of drug-likeness (QED) is 0.297. The first kappa shape index (κ1) is 28.7. The lowest BCUT2D eigenvalue weighted by Gasteiger charge is -2.39. The van der Waals surface area contributed by atoms with Gasteiger partial charge in [0.1, 0.15) is 11.5 Å². The largest absolute Gasteiger partial charge is 0.541 e. The molecule has 7 heteroatoms. The van der Waals surface area contributed by atoms with Gasteiger partial charge in [-0.1, -0.05) is 47.6 Å². The molecule has 0 unspecified atom stereocenters. The second-order valence-corrected chi connectivity index (χ2v) is 21.2. The zero-order chi connectivity index (χ0) is 25.0. The van der Waals surface area contributed by atoms with E-state index in [0.29, 0.717) is 19.4 Å². The van der Waals surface area contributed by atoms with Gasteiger partial charge in [0.15, 0.2) is 0 Å². The van der Waals surface area contributed by atoms with Gasteiger partial charge < -0.3 is 18.7 Å². The summed E-state index contributed by atoms with van der Waals surface area (Å²) in [6.45, 7) is 24.4. The molecule has 0 aliphatic heterocycles. The molecule has 32 heavy (non-hydrogen) atoms. The van der Waals surface area contributed by atoms with E-state index >= 15 is 0 Å². The molecule has 0 aromatic heterocycles. The Morgan fingerprint density at radius 3 is 1.91 bits per heavy atom. The van der Waals surface area contributed by atoms with E-state index in [9.17, 15) is 9.90 Å². The van der Waals surface area contributed by atoms with E-state index in [0.717, 1.165) is 17.1 Å². The van der Waals surface area contributed by atoms with Gasteiger partial charge in [-0.15, -0.1) is 0 Å². The summed E-state index contributed by atoms with van der Waals surface area (Å²) in [5.74, 6) is 1.27. The topological polar surface area (TPSA) is 65.0 Å². The third kappa shape index (κ3) is 8.23. The van der Waals surface area contributed by atoms with Crippen molar-refractivity contribution in [2.45, 2.75) is 110 Å². The maximum Gasteiger partial charge on any atom is 0.305 e. The summed E-state index contributed by atoms with van der Waals surface area (Å²) >= 11 is 0.